The first-order valence-electron chi connectivity index (χ1n) is 16.5. The van der Waals surface area contributed by atoms with Crippen LogP contribution in [0.15, 0.2) is 23.8 Å². The summed E-state index contributed by atoms with van der Waals surface area (Å²) >= 11 is 2.04. The summed E-state index contributed by atoms with van der Waals surface area (Å²) in [4.78, 5) is 40.1. The van der Waals surface area contributed by atoms with Crippen LogP contribution in [0.1, 0.15) is 101 Å². The predicted molar refractivity (Wildman–Crippen MR) is 181 cm³/mol. The molecule has 0 bridgehead atoms. The second-order valence-corrected chi connectivity index (χ2v) is 13.1. The van der Waals surface area contributed by atoms with E-state index in [-0.39, 0.29) is 31.6 Å². The Balaban J connectivity index is 1.81. The van der Waals surface area contributed by atoms with Gasteiger partial charge in [0.1, 0.15) is 18.5 Å². The Morgan fingerprint density at radius 2 is 1.84 bits per heavy atom. The molecule has 2 amide bonds. The molecule has 1 fully saturated rings. The van der Waals surface area contributed by atoms with Crippen LogP contribution < -0.4 is 14.8 Å². The number of methoxy groups -OCH3 is 1. The summed E-state index contributed by atoms with van der Waals surface area (Å²) < 4.78 is 18.3. The van der Waals surface area contributed by atoms with E-state index in [4.69, 9.17) is 14.2 Å². The van der Waals surface area contributed by atoms with E-state index in [2.05, 4.69) is 12.2 Å². The van der Waals surface area contributed by atoms with Crippen LogP contribution in [-0.2, 0) is 14.3 Å². The Hall–Kier alpha value is -2.22. The molecule has 3 rings (SSSR count). The van der Waals surface area contributed by atoms with Crippen molar-refractivity contribution in [1.29, 1.82) is 0 Å². The molecule has 11 heteroatoms. The van der Waals surface area contributed by atoms with Gasteiger partial charge in [0.2, 0.25) is 11.8 Å². The van der Waals surface area contributed by atoms with Gasteiger partial charge >= 0.3 is 0 Å². The normalized spacial score (nSPS) is 21.2. The minimum Gasteiger partial charge on any atom is -0.493 e. The largest absolute Gasteiger partial charge is 0.493 e. The topological polar surface area (TPSA) is 135 Å². The molecular formula is C34H51IN2O8. The molecule has 0 saturated carbocycles. The van der Waals surface area contributed by atoms with Gasteiger partial charge in [0, 0.05) is 43.7 Å². The Morgan fingerprint density at radius 3 is 2.47 bits per heavy atom. The van der Waals surface area contributed by atoms with Gasteiger partial charge in [0.05, 0.1) is 29.4 Å². The van der Waals surface area contributed by atoms with E-state index in [1.807, 2.05) is 22.6 Å². The van der Waals surface area contributed by atoms with E-state index in [0.717, 1.165) is 32.1 Å². The third-order valence-corrected chi connectivity index (χ3v) is 9.30. The molecule has 1 aliphatic heterocycles. The van der Waals surface area contributed by atoms with Gasteiger partial charge in [-0.15, -0.1) is 0 Å². The highest BCUT2D eigenvalue weighted by molar-refractivity contribution is 14.1. The average molecular weight is 743 g/mol. The van der Waals surface area contributed by atoms with E-state index in [9.17, 15) is 24.6 Å². The lowest BCUT2D eigenvalue weighted by Gasteiger charge is -2.41. The van der Waals surface area contributed by atoms with Crippen LogP contribution >= 0.6 is 22.6 Å². The first kappa shape index (κ1) is 37.2. The van der Waals surface area contributed by atoms with Crippen molar-refractivity contribution < 1.29 is 38.8 Å². The minimum absolute atomic E-state index is 0.0734. The molecule has 4 atom stereocenters. The summed E-state index contributed by atoms with van der Waals surface area (Å²) in [6.45, 7) is 3.03. The zero-order chi connectivity index (χ0) is 32.6. The number of aldehydes is 1. The molecule has 1 aromatic rings. The number of hydrogen-bond acceptors (Lipinski definition) is 8. The monoisotopic (exact) mass is 742 g/mol. The fourth-order valence-electron chi connectivity index (χ4n) is 6.00. The summed E-state index contributed by atoms with van der Waals surface area (Å²) in [5, 5.41) is 23.7. The van der Waals surface area contributed by atoms with Crippen LogP contribution in [0, 0.1) is 3.57 Å². The summed E-state index contributed by atoms with van der Waals surface area (Å²) in [6, 6.07) is 2.46. The zero-order valence-corrected chi connectivity index (χ0v) is 29.0. The lowest BCUT2D eigenvalue weighted by atomic mass is 9.87. The highest BCUT2D eigenvalue weighted by Crippen LogP contribution is 2.37. The highest BCUT2D eigenvalue weighted by Gasteiger charge is 2.41. The van der Waals surface area contributed by atoms with Crippen LogP contribution in [0.3, 0.4) is 0 Å². The second kappa shape index (κ2) is 20.1. The lowest BCUT2D eigenvalue weighted by molar-refractivity contribution is -0.141. The van der Waals surface area contributed by atoms with Crippen molar-refractivity contribution in [1.82, 2.24) is 10.2 Å². The lowest BCUT2D eigenvalue weighted by Crippen LogP contribution is -2.56. The summed E-state index contributed by atoms with van der Waals surface area (Å²) in [5.74, 6) is 0.175. The molecule has 0 radical (unpaired) electrons. The predicted octanol–water partition coefficient (Wildman–Crippen LogP) is 4.96. The summed E-state index contributed by atoms with van der Waals surface area (Å²) in [7, 11) is 1.46. The van der Waals surface area contributed by atoms with Gasteiger partial charge in [-0.05, 0) is 60.1 Å². The number of ether oxygens (including phenoxy) is 3. The van der Waals surface area contributed by atoms with Crippen molar-refractivity contribution >= 4 is 40.7 Å². The number of halogens is 1. The number of carbonyl (C=O) groups is 3. The third kappa shape index (κ3) is 11.5. The van der Waals surface area contributed by atoms with E-state index >= 15 is 0 Å². The smallest absolute Gasteiger partial charge is 0.247 e. The van der Waals surface area contributed by atoms with E-state index < -0.39 is 24.2 Å². The molecule has 3 N–H and O–H groups in total. The maximum Gasteiger partial charge on any atom is 0.247 e. The van der Waals surface area contributed by atoms with Crippen molar-refractivity contribution in [3.63, 3.8) is 0 Å². The Kier molecular flexibility index (Phi) is 16.6. The number of hydrogen-bond donors (Lipinski definition) is 3. The van der Waals surface area contributed by atoms with Crippen molar-refractivity contribution in [2.24, 2.45) is 0 Å². The number of benzene rings is 1. The average Bonchev–Trinajstić information content (AvgIpc) is 3.56. The molecule has 45 heavy (non-hydrogen) atoms. The molecule has 10 nitrogen and oxygen atoms in total. The van der Waals surface area contributed by atoms with Gasteiger partial charge in [0.25, 0.3) is 0 Å². The van der Waals surface area contributed by atoms with E-state index in [0.29, 0.717) is 52.1 Å². The van der Waals surface area contributed by atoms with E-state index in [1.54, 1.807) is 23.1 Å². The molecule has 1 heterocycles. The van der Waals surface area contributed by atoms with Gasteiger partial charge in [-0.3, -0.25) is 14.4 Å². The van der Waals surface area contributed by atoms with Crippen molar-refractivity contribution in [3.05, 3.63) is 32.9 Å². The molecule has 2 aliphatic rings. The summed E-state index contributed by atoms with van der Waals surface area (Å²) in [6.07, 6.45) is 12.5. The minimum atomic E-state index is -1.15. The molecule has 0 unspecified atom stereocenters. The first-order chi connectivity index (χ1) is 21.8. The first-order valence-corrected chi connectivity index (χ1v) is 17.6. The molecule has 0 aromatic heterocycles. The Labute approximate surface area is 281 Å². The number of unbranched alkanes of at least 4 members (excludes halogenated alkanes) is 8. The molecule has 1 aromatic carbocycles. The van der Waals surface area contributed by atoms with Crippen LogP contribution in [0.4, 0.5) is 0 Å². The third-order valence-electron chi connectivity index (χ3n) is 8.50. The number of carbonyl (C=O) groups excluding carboxylic acids is 3. The number of amides is 2. The van der Waals surface area contributed by atoms with Gasteiger partial charge in [-0.25, -0.2) is 0 Å². The maximum absolute atomic E-state index is 13.8. The number of nitrogens with zero attached hydrogens (tertiary/aromatic N) is 1. The molecular weight excluding hydrogens is 691 g/mol. The summed E-state index contributed by atoms with van der Waals surface area (Å²) in [5.41, 5.74) is 0.769. The fourth-order valence-corrected chi connectivity index (χ4v) is 6.75. The number of aliphatic hydroxyl groups is 2. The van der Waals surface area contributed by atoms with Crippen molar-refractivity contribution in [2.75, 3.05) is 33.4 Å². The van der Waals surface area contributed by atoms with E-state index in [1.165, 1.54) is 45.6 Å². The van der Waals surface area contributed by atoms with Crippen molar-refractivity contribution in [2.45, 2.75) is 115 Å². The van der Waals surface area contributed by atoms with Crippen LogP contribution in [0.5, 0.6) is 11.5 Å². The Bertz CT molecular complexity index is 1120. The number of nitrogens with one attached hydrogen (secondary N) is 1. The maximum atomic E-state index is 13.8. The SMILES string of the molecule is CCCCCCCCCCCC(=O)N(C[C@H]1CCCO1)[C@@H]1CC(C(=O)NCCO)=C[C@H](Oc2c(I)cc(C=O)cc2OC)[C@H]1O. The van der Waals surface area contributed by atoms with Crippen LogP contribution in [0.25, 0.3) is 0 Å². The van der Waals surface area contributed by atoms with Gasteiger partial charge < -0.3 is 34.6 Å². The molecule has 252 valence electrons. The molecule has 1 aliphatic carbocycles. The fraction of sp³-hybridized carbons (Fsp3) is 0.676. The molecule has 0 spiro atoms. The second-order valence-electron chi connectivity index (χ2n) is 11.9. The highest BCUT2D eigenvalue weighted by atomic mass is 127. The van der Waals surface area contributed by atoms with Crippen molar-refractivity contribution in [3.8, 4) is 11.5 Å². The zero-order valence-electron chi connectivity index (χ0n) is 26.8. The van der Waals surface area contributed by atoms with Gasteiger partial charge in [0.15, 0.2) is 11.5 Å². The standard InChI is InChI=1S/C34H51IN2O8/c1-3-4-5-6-7-8-9-10-11-14-31(40)37(22-26-13-12-17-44-26)28-20-25(34(42)36-15-16-38)21-29(32(28)41)45-33-27(35)18-24(23-39)19-30(33)43-2/h18-19,21,23,26,28-29,32,38,41H,3-17,20,22H2,1-2H3,(H,36,42)/t26-,28-,29+,32+/m1/s1. The van der Waals surface area contributed by atoms with Crippen LogP contribution in [0.2, 0.25) is 0 Å². The van der Waals surface area contributed by atoms with Gasteiger partial charge in [-0.1, -0.05) is 58.3 Å². The number of rotatable bonds is 20. The number of aliphatic hydroxyl groups excluding tert-OH is 2. The van der Waals surface area contributed by atoms with Crippen LogP contribution in [-0.4, -0.2) is 91.0 Å². The molecule has 1 saturated heterocycles. The Morgan fingerprint density at radius 1 is 1.13 bits per heavy atom. The van der Waals surface area contributed by atoms with Gasteiger partial charge in [-0.2, -0.15) is 0 Å². The quantitative estimate of drug-likeness (QED) is 0.0971.